The number of aryl methyl sites for hydroxylation is 1. The van der Waals surface area contributed by atoms with Gasteiger partial charge in [-0.05, 0) is 48.9 Å². The number of ether oxygens (including phenoxy) is 1. The first-order valence-corrected chi connectivity index (χ1v) is 7.95. The van der Waals surface area contributed by atoms with E-state index in [0.717, 1.165) is 22.8 Å². The zero-order chi connectivity index (χ0) is 17.6. The number of para-hydroxylation sites is 1. The van der Waals surface area contributed by atoms with Crippen molar-refractivity contribution in [2.75, 3.05) is 5.73 Å². The quantitative estimate of drug-likeness (QED) is 0.746. The average molecular weight is 333 g/mol. The Morgan fingerprint density at radius 3 is 2.56 bits per heavy atom. The van der Waals surface area contributed by atoms with Crippen LogP contribution in [0.3, 0.4) is 0 Å². The van der Waals surface area contributed by atoms with Crippen molar-refractivity contribution in [3.63, 3.8) is 0 Å². The van der Waals surface area contributed by atoms with Gasteiger partial charge in [-0.1, -0.05) is 30.3 Å². The normalized spacial score (nSPS) is 10.3. The van der Waals surface area contributed by atoms with Gasteiger partial charge in [-0.25, -0.2) is 4.98 Å². The number of aromatic nitrogens is 1. The van der Waals surface area contributed by atoms with Crippen molar-refractivity contribution < 1.29 is 9.53 Å². The molecule has 0 aliphatic heterocycles. The van der Waals surface area contributed by atoms with E-state index in [-0.39, 0.29) is 11.7 Å². The van der Waals surface area contributed by atoms with Crippen molar-refractivity contribution in [2.24, 2.45) is 0 Å². The summed E-state index contributed by atoms with van der Waals surface area (Å²) in [6.45, 7) is 2.20. The molecular formula is C20H19N3O2. The largest absolute Gasteiger partial charge is 0.457 e. The molecule has 3 aromatic rings. The Morgan fingerprint density at radius 2 is 1.80 bits per heavy atom. The highest BCUT2D eigenvalue weighted by atomic mass is 16.5. The first kappa shape index (κ1) is 16.5. The highest BCUT2D eigenvalue weighted by Crippen LogP contribution is 2.21. The molecule has 5 nitrogen and oxygen atoms in total. The van der Waals surface area contributed by atoms with E-state index < -0.39 is 0 Å². The predicted molar refractivity (Wildman–Crippen MR) is 97.5 cm³/mol. The minimum Gasteiger partial charge on any atom is -0.457 e. The first-order valence-electron chi connectivity index (χ1n) is 7.95. The smallest absolute Gasteiger partial charge is 0.255 e. The molecule has 0 bridgehead atoms. The molecular weight excluding hydrogens is 314 g/mol. The molecule has 2 aromatic carbocycles. The van der Waals surface area contributed by atoms with Crippen LogP contribution in [0.2, 0.25) is 0 Å². The van der Waals surface area contributed by atoms with Gasteiger partial charge in [0.25, 0.3) is 5.91 Å². The van der Waals surface area contributed by atoms with Crippen LogP contribution in [0, 0.1) is 6.92 Å². The second-order valence-corrected chi connectivity index (χ2v) is 5.63. The van der Waals surface area contributed by atoms with Crippen molar-refractivity contribution >= 4 is 11.7 Å². The van der Waals surface area contributed by atoms with Gasteiger partial charge in [-0.15, -0.1) is 0 Å². The van der Waals surface area contributed by atoms with Crippen molar-refractivity contribution in [1.29, 1.82) is 0 Å². The van der Waals surface area contributed by atoms with E-state index in [1.54, 1.807) is 12.1 Å². The SMILES string of the molecule is Cc1ccc(C(=O)NCc2cccc(Oc3ccccc3)c2)c(N)n1. The van der Waals surface area contributed by atoms with Crippen LogP contribution in [-0.2, 0) is 6.54 Å². The Hall–Kier alpha value is -3.34. The first-order chi connectivity index (χ1) is 12.1. The molecule has 25 heavy (non-hydrogen) atoms. The van der Waals surface area contributed by atoms with E-state index in [1.165, 1.54) is 0 Å². The molecule has 0 saturated heterocycles. The molecule has 126 valence electrons. The molecule has 0 unspecified atom stereocenters. The Balaban J connectivity index is 1.65. The molecule has 1 aromatic heterocycles. The molecule has 0 atom stereocenters. The standard InChI is InChI=1S/C20H19N3O2/c1-14-10-11-18(19(21)23-14)20(24)22-13-15-6-5-9-17(12-15)25-16-7-3-2-4-8-16/h2-12H,13H2,1H3,(H2,21,23)(H,22,24). The van der Waals surface area contributed by atoms with Crippen LogP contribution in [0.5, 0.6) is 11.5 Å². The van der Waals surface area contributed by atoms with E-state index in [0.29, 0.717) is 12.1 Å². The van der Waals surface area contributed by atoms with Gasteiger partial charge in [-0.2, -0.15) is 0 Å². The predicted octanol–water partition coefficient (Wildman–Crippen LogP) is 3.69. The van der Waals surface area contributed by atoms with Crippen molar-refractivity contribution in [2.45, 2.75) is 13.5 Å². The highest BCUT2D eigenvalue weighted by Gasteiger charge is 2.10. The van der Waals surface area contributed by atoms with Crippen LogP contribution in [-0.4, -0.2) is 10.9 Å². The van der Waals surface area contributed by atoms with E-state index >= 15 is 0 Å². The van der Waals surface area contributed by atoms with Gasteiger partial charge in [-0.3, -0.25) is 4.79 Å². The summed E-state index contributed by atoms with van der Waals surface area (Å²) in [6, 6.07) is 20.6. The number of carbonyl (C=O) groups is 1. The molecule has 1 heterocycles. The molecule has 0 fully saturated rings. The van der Waals surface area contributed by atoms with Gasteiger partial charge in [0.2, 0.25) is 0 Å². The lowest BCUT2D eigenvalue weighted by Crippen LogP contribution is -2.24. The minimum atomic E-state index is -0.251. The lowest BCUT2D eigenvalue weighted by molar-refractivity contribution is 0.0951. The number of nitrogens with one attached hydrogen (secondary N) is 1. The number of anilines is 1. The van der Waals surface area contributed by atoms with Crippen LogP contribution in [0.15, 0.2) is 66.7 Å². The highest BCUT2D eigenvalue weighted by molar-refractivity contribution is 5.98. The average Bonchev–Trinajstić information content (AvgIpc) is 2.61. The van der Waals surface area contributed by atoms with Gasteiger partial charge < -0.3 is 15.8 Å². The van der Waals surface area contributed by atoms with E-state index in [1.807, 2.05) is 61.5 Å². The van der Waals surface area contributed by atoms with Crippen LogP contribution in [0.1, 0.15) is 21.6 Å². The Bertz CT molecular complexity index is 879. The van der Waals surface area contributed by atoms with Gasteiger partial charge >= 0.3 is 0 Å². The fourth-order valence-corrected chi connectivity index (χ4v) is 2.39. The van der Waals surface area contributed by atoms with Gasteiger partial charge in [0.15, 0.2) is 0 Å². The third-order valence-electron chi connectivity index (χ3n) is 3.64. The summed E-state index contributed by atoms with van der Waals surface area (Å²) >= 11 is 0. The molecule has 5 heteroatoms. The fourth-order valence-electron chi connectivity index (χ4n) is 2.39. The maximum atomic E-state index is 12.3. The molecule has 3 N–H and O–H groups in total. The Labute approximate surface area is 146 Å². The van der Waals surface area contributed by atoms with Crippen molar-refractivity contribution in [1.82, 2.24) is 10.3 Å². The molecule has 0 spiro atoms. The molecule has 0 saturated carbocycles. The third kappa shape index (κ3) is 4.35. The van der Waals surface area contributed by atoms with E-state index in [4.69, 9.17) is 10.5 Å². The molecule has 1 amide bonds. The minimum absolute atomic E-state index is 0.235. The number of nitrogens with two attached hydrogens (primary N) is 1. The van der Waals surface area contributed by atoms with E-state index in [2.05, 4.69) is 10.3 Å². The maximum absolute atomic E-state index is 12.3. The van der Waals surface area contributed by atoms with Crippen molar-refractivity contribution in [3.8, 4) is 11.5 Å². The molecule has 0 aliphatic rings. The zero-order valence-electron chi connectivity index (χ0n) is 13.9. The topological polar surface area (TPSA) is 77.2 Å². The summed E-state index contributed by atoms with van der Waals surface area (Å²) in [7, 11) is 0. The Morgan fingerprint density at radius 1 is 1.04 bits per heavy atom. The van der Waals surface area contributed by atoms with Crippen LogP contribution >= 0.6 is 0 Å². The van der Waals surface area contributed by atoms with Crippen molar-refractivity contribution in [3.05, 3.63) is 83.6 Å². The summed E-state index contributed by atoms with van der Waals surface area (Å²) in [4.78, 5) is 16.4. The summed E-state index contributed by atoms with van der Waals surface area (Å²) in [6.07, 6.45) is 0. The number of pyridine rings is 1. The second kappa shape index (κ2) is 7.49. The number of rotatable bonds is 5. The molecule has 0 aliphatic carbocycles. The number of carbonyl (C=O) groups excluding carboxylic acids is 1. The number of nitrogens with zero attached hydrogens (tertiary/aromatic N) is 1. The summed E-state index contributed by atoms with van der Waals surface area (Å²) in [5.74, 6) is 1.47. The van der Waals surface area contributed by atoms with E-state index in [9.17, 15) is 4.79 Å². The number of amides is 1. The van der Waals surface area contributed by atoms with Gasteiger partial charge in [0.1, 0.15) is 17.3 Å². The molecule has 0 radical (unpaired) electrons. The number of nitrogen functional groups attached to an aromatic ring is 1. The second-order valence-electron chi connectivity index (χ2n) is 5.63. The Kier molecular flexibility index (Phi) is 4.95. The zero-order valence-corrected chi connectivity index (χ0v) is 13.9. The van der Waals surface area contributed by atoms with Crippen LogP contribution in [0.25, 0.3) is 0 Å². The number of hydrogen-bond acceptors (Lipinski definition) is 4. The third-order valence-corrected chi connectivity index (χ3v) is 3.64. The van der Waals surface area contributed by atoms with Crippen LogP contribution < -0.4 is 15.8 Å². The molecule has 3 rings (SSSR count). The summed E-state index contributed by atoms with van der Waals surface area (Å²) in [5, 5.41) is 2.85. The lowest BCUT2D eigenvalue weighted by Gasteiger charge is -2.10. The van der Waals surface area contributed by atoms with Gasteiger partial charge in [0.05, 0.1) is 5.56 Å². The number of benzene rings is 2. The number of hydrogen-bond donors (Lipinski definition) is 2. The monoisotopic (exact) mass is 333 g/mol. The lowest BCUT2D eigenvalue weighted by atomic mass is 10.2. The summed E-state index contributed by atoms with van der Waals surface area (Å²) in [5.41, 5.74) is 7.90. The van der Waals surface area contributed by atoms with Gasteiger partial charge in [0, 0.05) is 12.2 Å². The maximum Gasteiger partial charge on any atom is 0.255 e. The fraction of sp³-hybridized carbons (Fsp3) is 0.100. The summed E-state index contributed by atoms with van der Waals surface area (Å²) < 4.78 is 5.80. The van der Waals surface area contributed by atoms with Crippen LogP contribution in [0.4, 0.5) is 5.82 Å².